The number of thiocarbonyl (C=S) groups is 1. The van der Waals surface area contributed by atoms with Crippen LogP contribution in [-0.2, 0) is 6.54 Å². The second-order valence-electron chi connectivity index (χ2n) is 5.74. The molecule has 1 fully saturated rings. The van der Waals surface area contributed by atoms with E-state index in [1.165, 1.54) is 0 Å². The largest absolute Gasteiger partial charge is 0.363 e. The molecule has 0 bridgehead atoms. The van der Waals surface area contributed by atoms with E-state index in [-0.39, 0.29) is 12.1 Å². The Hall–Kier alpha value is -2.73. The number of aromatic amines is 1. The van der Waals surface area contributed by atoms with Gasteiger partial charge in [-0.25, -0.2) is 0 Å². The molecule has 0 aliphatic carbocycles. The second kappa shape index (κ2) is 6.41. The average molecular weight is 335 g/mol. The summed E-state index contributed by atoms with van der Waals surface area (Å²) in [6.45, 7) is 0.701. The third-order valence-corrected chi connectivity index (χ3v) is 4.57. The van der Waals surface area contributed by atoms with Crippen LogP contribution < -0.4 is 5.32 Å². The first-order valence-corrected chi connectivity index (χ1v) is 8.24. The first-order valence-electron chi connectivity index (χ1n) is 7.83. The monoisotopic (exact) mass is 335 g/mol. The van der Waals surface area contributed by atoms with E-state index in [9.17, 15) is 0 Å². The number of rotatable bonds is 4. The molecular formula is C18H17N5S. The van der Waals surface area contributed by atoms with Gasteiger partial charge in [-0.3, -0.25) is 9.97 Å². The molecule has 0 amide bonds. The maximum absolute atomic E-state index is 5.62. The van der Waals surface area contributed by atoms with E-state index in [0.717, 1.165) is 22.1 Å². The van der Waals surface area contributed by atoms with Crippen LogP contribution in [0, 0.1) is 0 Å². The van der Waals surface area contributed by atoms with Crippen LogP contribution in [0.5, 0.6) is 0 Å². The molecule has 120 valence electrons. The maximum Gasteiger partial charge on any atom is 0.170 e. The summed E-state index contributed by atoms with van der Waals surface area (Å²) in [5.41, 5.74) is 3.22. The molecule has 2 atom stereocenters. The first-order chi connectivity index (χ1) is 11.8. The summed E-state index contributed by atoms with van der Waals surface area (Å²) in [6, 6.07) is 14.1. The lowest BCUT2D eigenvalue weighted by Gasteiger charge is -2.26. The Balaban J connectivity index is 1.71. The summed E-state index contributed by atoms with van der Waals surface area (Å²) < 4.78 is 0. The van der Waals surface area contributed by atoms with Gasteiger partial charge in [0, 0.05) is 37.0 Å². The van der Waals surface area contributed by atoms with Crippen molar-refractivity contribution in [1.29, 1.82) is 0 Å². The zero-order chi connectivity index (χ0) is 16.4. The molecule has 3 aromatic rings. The summed E-state index contributed by atoms with van der Waals surface area (Å²) in [5.74, 6) is 0. The van der Waals surface area contributed by atoms with Crippen molar-refractivity contribution in [2.45, 2.75) is 18.6 Å². The quantitative estimate of drug-likeness (QED) is 0.718. The number of nitrogens with one attached hydrogen (secondary N) is 2. The highest BCUT2D eigenvalue weighted by molar-refractivity contribution is 7.80. The molecule has 3 aromatic heterocycles. The van der Waals surface area contributed by atoms with Gasteiger partial charge in [-0.05, 0) is 48.1 Å². The van der Waals surface area contributed by atoms with Crippen LogP contribution >= 0.6 is 12.2 Å². The van der Waals surface area contributed by atoms with E-state index in [1.807, 2.05) is 48.9 Å². The first kappa shape index (κ1) is 14.8. The van der Waals surface area contributed by atoms with Gasteiger partial charge < -0.3 is 15.2 Å². The molecule has 1 saturated heterocycles. The maximum atomic E-state index is 5.62. The van der Waals surface area contributed by atoms with E-state index in [0.29, 0.717) is 6.54 Å². The molecule has 0 spiro atoms. The van der Waals surface area contributed by atoms with Gasteiger partial charge in [0.05, 0.1) is 17.8 Å². The third kappa shape index (κ3) is 2.76. The summed E-state index contributed by atoms with van der Waals surface area (Å²) in [7, 11) is 0. The van der Waals surface area contributed by atoms with Gasteiger partial charge in [0.25, 0.3) is 0 Å². The van der Waals surface area contributed by atoms with Crippen molar-refractivity contribution in [3.05, 3.63) is 84.2 Å². The van der Waals surface area contributed by atoms with Crippen molar-refractivity contribution in [1.82, 2.24) is 25.2 Å². The number of aromatic nitrogens is 3. The lowest BCUT2D eigenvalue weighted by Crippen LogP contribution is -2.29. The summed E-state index contributed by atoms with van der Waals surface area (Å²) >= 11 is 5.62. The molecule has 5 nitrogen and oxygen atoms in total. The van der Waals surface area contributed by atoms with E-state index in [4.69, 9.17) is 12.2 Å². The Morgan fingerprint density at radius 1 is 1.08 bits per heavy atom. The van der Waals surface area contributed by atoms with Crippen molar-refractivity contribution < 1.29 is 0 Å². The van der Waals surface area contributed by atoms with Gasteiger partial charge in [0.2, 0.25) is 0 Å². The molecule has 0 radical (unpaired) electrons. The molecule has 4 rings (SSSR count). The van der Waals surface area contributed by atoms with E-state index in [1.54, 1.807) is 6.20 Å². The van der Waals surface area contributed by atoms with Crippen molar-refractivity contribution in [3.63, 3.8) is 0 Å². The zero-order valence-corrected chi connectivity index (χ0v) is 13.8. The minimum Gasteiger partial charge on any atom is -0.363 e. The van der Waals surface area contributed by atoms with Crippen LogP contribution in [0.3, 0.4) is 0 Å². The van der Waals surface area contributed by atoms with E-state index >= 15 is 0 Å². The van der Waals surface area contributed by atoms with Crippen molar-refractivity contribution in [2.24, 2.45) is 0 Å². The predicted octanol–water partition coefficient (Wildman–Crippen LogP) is 2.98. The van der Waals surface area contributed by atoms with Crippen LogP contribution in [0.2, 0.25) is 0 Å². The van der Waals surface area contributed by atoms with E-state index < -0.39 is 0 Å². The Morgan fingerprint density at radius 3 is 2.75 bits per heavy atom. The Labute approximate surface area is 145 Å². The highest BCUT2D eigenvalue weighted by Gasteiger charge is 2.40. The number of nitrogens with zero attached hydrogens (tertiary/aromatic N) is 3. The van der Waals surface area contributed by atoms with Crippen molar-refractivity contribution in [3.8, 4) is 0 Å². The summed E-state index contributed by atoms with van der Waals surface area (Å²) in [6.07, 6.45) is 7.41. The van der Waals surface area contributed by atoms with Crippen LogP contribution in [0.15, 0.2) is 67.3 Å². The normalized spacial score (nSPS) is 20.2. The molecule has 2 N–H and O–H groups in total. The highest BCUT2D eigenvalue weighted by atomic mass is 32.1. The Kier molecular flexibility index (Phi) is 3.96. The Bertz CT molecular complexity index is 804. The van der Waals surface area contributed by atoms with Gasteiger partial charge >= 0.3 is 0 Å². The minimum atomic E-state index is 0.00835. The van der Waals surface area contributed by atoms with Gasteiger partial charge in [-0.1, -0.05) is 12.1 Å². The van der Waals surface area contributed by atoms with Crippen LogP contribution in [0.1, 0.15) is 29.0 Å². The lowest BCUT2D eigenvalue weighted by atomic mass is 10.0. The minimum absolute atomic E-state index is 0.00835. The smallest absolute Gasteiger partial charge is 0.170 e. The van der Waals surface area contributed by atoms with Crippen molar-refractivity contribution >= 4 is 17.3 Å². The lowest BCUT2D eigenvalue weighted by molar-refractivity contribution is 0.305. The zero-order valence-electron chi connectivity index (χ0n) is 13.0. The second-order valence-corrected chi connectivity index (χ2v) is 6.13. The molecule has 6 heteroatoms. The number of hydrogen-bond donors (Lipinski definition) is 2. The number of hydrogen-bond acceptors (Lipinski definition) is 3. The Morgan fingerprint density at radius 2 is 2.04 bits per heavy atom. The molecule has 0 aromatic carbocycles. The predicted molar refractivity (Wildman–Crippen MR) is 96.0 cm³/mol. The molecule has 24 heavy (non-hydrogen) atoms. The third-order valence-electron chi connectivity index (χ3n) is 4.21. The fourth-order valence-electron chi connectivity index (χ4n) is 3.13. The summed E-state index contributed by atoms with van der Waals surface area (Å²) in [4.78, 5) is 14.3. The van der Waals surface area contributed by atoms with E-state index in [2.05, 4.69) is 37.3 Å². The number of H-pyrrole nitrogens is 1. The van der Waals surface area contributed by atoms with Gasteiger partial charge in [0.1, 0.15) is 0 Å². The average Bonchev–Trinajstić information content (AvgIpc) is 3.25. The molecule has 1 aliphatic heterocycles. The summed E-state index contributed by atoms with van der Waals surface area (Å²) in [5, 5.41) is 4.16. The van der Waals surface area contributed by atoms with Crippen molar-refractivity contribution in [2.75, 3.05) is 0 Å². The molecule has 1 aliphatic rings. The molecule has 0 unspecified atom stereocenters. The standard InChI is InChI=1S/C18H17N5S/c24-18-22-16(14-6-1-2-9-20-14)17(15-7-4-10-21-15)23(18)12-13-5-3-8-19-11-13/h1-11,16-17,21H,12H2,(H,22,24)/t16-,17-/m0/s1. The molecule has 0 saturated carbocycles. The highest BCUT2D eigenvalue weighted by Crippen LogP contribution is 2.38. The van der Waals surface area contributed by atoms with Gasteiger partial charge in [-0.15, -0.1) is 0 Å². The van der Waals surface area contributed by atoms with Crippen LogP contribution in [-0.4, -0.2) is 25.0 Å². The fraction of sp³-hybridized carbons (Fsp3) is 0.167. The topological polar surface area (TPSA) is 56.8 Å². The SMILES string of the molecule is S=C1N[C@@H](c2ccccn2)[C@H](c2ccc[nH]2)N1Cc1cccnc1. The number of pyridine rings is 2. The fourth-order valence-corrected chi connectivity index (χ4v) is 3.44. The van der Waals surface area contributed by atoms with Gasteiger partial charge in [0.15, 0.2) is 5.11 Å². The van der Waals surface area contributed by atoms with Crippen LogP contribution in [0.4, 0.5) is 0 Å². The molecular weight excluding hydrogens is 318 g/mol. The van der Waals surface area contributed by atoms with Gasteiger partial charge in [-0.2, -0.15) is 0 Å². The van der Waals surface area contributed by atoms with Crippen LogP contribution in [0.25, 0.3) is 0 Å². The molecule has 4 heterocycles.